The summed E-state index contributed by atoms with van der Waals surface area (Å²) in [5.74, 6) is 0.309. The molecule has 0 aliphatic heterocycles. The van der Waals surface area contributed by atoms with E-state index in [0.717, 1.165) is 0 Å². The maximum Gasteiger partial charge on any atom is 0.175 e. The zero-order valence-electron chi connectivity index (χ0n) is 8.33. The lowest BCUT2D eigenvalue weighted by molar-refractivity contribution is 0.402. The average Bonchev–Trinajstić information content (AvgIpc) is 2.63. The lowest BCUT2D eigenvalue weighted by Gasteiger charge is -2.07. The van der Waals surface area contributed by atoms with Crippen LogP contribution < -0.4 is 10.5 Å². The third kappa shape index (κ3) is 1.88. The van der Waals surface area contributed by atoms with Crippen molar-refractivity contribution in [3.63, 3.8) is 0 Å². The third-order valence-corrected chi connectivity index (χ3v) is 2.47. The molecule has 6 heteroatoms. The summed E-state index contributed by atoms with van der Waals surface area (Å²) in [5.41, 5.74) is 5.61. The summed E-state index contributed by atoms with van der Waals surface area (Å²) in [6, 6.07) is 4.39. The largest absolute Gasteiger partial charge is 0.496 e. The fraction of sp³-hybridized carbons (Fsp3) is 0.100. The normalized spacial score (nSPS) is 10.4. The lowest BCUT2D eigenvalue weighted by atomic mass is 10.1. The number of aromatic nitrogens is 1. The van der Waals surface area contributed by atoms with Gasteiger partial charge < -0.3 is 15.0 Å². The molecule has 0 unspecified atom stereocenters. The standard InChI is InChI=1S/C10H8BrFN2O2/c1-15-7-3-5(11)2-6(12)10(7)8-4-9(13)14-16-8/h2-4H,1H3,(H2,13,14). The molecule has 2 rings (SSSR count). The monoisotopic (exact) mass is 286 g/mol. The van der Waals surface area contributed by atoms with Gasteiger partial charge in [0.15, 0.2) is 11.6 Å². The predicted molar refractivity (Wildman–Crippen MR) is 60.6 cm³/mol. The van der Waals surface area contributed by atoms with Crippen molar-refractivity contribution in [1.82, 2.24) is 5.16 Å². The van der Waals surface area contributed by atoms with Crippen LogP contribution in [0.1, 0.15) is 0 Å². The second-order valence-electron chi connectivity index (χ2n) is 3.08. The smallest absolute Gasteiger partial charge is 0.175 e. The number of nitrogens with zero attached hydrogens (tertiary/aromatic N) is 1. The van der Waals surface area contributed by atoms with Gasteiger partial charge in [0.25, 0.3) is 0 Å². The van der Waals surface area contributed by atoms with Gasteiger partial charge in [-0.3, -0.25) is 0 Å². The number of methoxy groups -OCH3 is 1. The van der Waals surface area contributed by atoms with Crippen molar-refractivity contribution in [2.24, 2.45) is 0 Å². The number of nitrogen functional groups attached to an aromatic ring is 1. The molecule has 2 aromatic rings. The van der Waals surface area contributed by atoms with E-state index in [0.29, 0.717) is 10.2 Å². The Labute approximate surface area is 99.3 Å². The Morgan fingerprint density at radius 2 is 2.19 bits per heavy atom. The zero-order chi connectivity index (χ0) is 11.7. The van der Waals surface area contributed by atoms with Crippen LogP contribution in [-0.2, 0) is 0 Å². The molecular weight excluding hydrogens is 279 g/mol. The van der Waals surface area contributed by atoms with E-state index in [1.807, 2.05) is 0 Å². The van der Waals surface area contributed by atoms with Gasteiger partial charge in [-0.15, -0.1) is 0 Å². The molecule has 0 spiro atoms. The Morgan fingerprint density at radius 3 is 2.75 bits per heavy atom. The average molecular weight is 287 g/mol. The molecule has 0 bridgehead atoms. The van der Waals surface area contributed by atoms with E-state index in [1.165, 1.54) is 19.2 Å². The van der Waals surface area contributed by atoms with Crippen molar-refractivity contribution in [2.45, 2.75) is 0 Å². The van der Waals surface area contributed by atoms with Crippen LogP contribution in [-0.4, -0.2) is 12.3 Å². The molecule has 0 saturated heterocycles. The van der Waals surface area contributed by atoms with Gasteiger partial charge in [0, 0.05) is 10.5 Å². The second-order valence-corrected chi connectivity index (χ2v) is 4.00. The van der Waals surface area contributed by atoms with Crippen LogP contribution in [0.2, 0.25) is 0 Å². The van der Waals surface area contributed by atoms with Gasteiger partial charge in [0.1, 0.15) is 11.6 Å². The minimum absolute atomic E-state index is 0.194. The highest BCUT2D eigenvalue weighted by atomic mass is 79.9. The van der Waals surface area contributed by atoms with Gasteiger partial charge in [0.05, 0.1) is 12.7 Å². The second kappa shape index (κ2) is 4.13. The van der Waals surface area contributed by atoms with Crippen molar-refractivity contribution in [1.29, 1.82) is 0 Å². The number of hydrogen-bond acceptors (Lipinski definition) is 4. The molecule has 0 amide bonds. The highest BCUT2D eigenvalue weighted by Crippen LogP contribution is 2.35. The molecule has 0 radical (unpaired) electrons. The SMILES string of the molecule is COc1cc(Br)cc(F)c1-c1cc(N)no1. The van der Waals surface area contributed by atoms with Gasteiger partial charge in [0.2, 0.25) is 0 Å². The summed E-state index contributed by atoms with van der Waals surface area (Å²) in [6.07, 6.45) is 0. The molecule has 1 aromatic heterocycles. The Bertz CT molecular complexity index is 528. The molecule has 0 atom stereocenters. The minimum Gasteiger partial charge on any atom is -0.496 e. The van der Waals surface area contributed by atoms with Gasteiger partial charge in [-0.05, 0) is 12.1 Å². The van der Waals surface area contributed by atoms with Crippen molar-refractivity contribution in [3.05, 3.63) is 28.5 Å². The summed E-state index contributed by atoms with van der Waals surface area (Å²) in [7, 11) is 1.45. The fourth-order valence-corrected chi connectivity index (χ4v) is 1.77. The molecule has 1 aromatic carbocycles. The van der Waals surface area contributed by atoms with E-state index in [9.17, 15) is 4.39 Å². The van der Waals surface area contributed by atoms with E-state index in [4.69, 9.17) is 15.0 Å². The van der Waals surface area contributed by atoms with Gasteiger partial charge in [-0.2, -0.15) is 0 Å². The highest BCUT2D eigenvalue weighted by molar-refractivity contribution is 9.10. The van der Waals surface area contributed by atoms with E-state index in [1.54, 1.807) is 6.07 Å². The first-order valence-corrected chi connectivity index (χ1v) is 5.16. The molecule has 84 valence electrons. The van der Waals surface area contributed by atoms with E-state index in [-0.39, 0.29) is 17.1 Å². The van der Waals surface area contributed by atoms with Crippen LogP contribution in [0, 0.1) is 5.82 Å². The Balaban J connectivity index is 2.63. The maximum atomic E-state index is 13.8. The Hall–Kier alpha value is -1.56. The third-order valence-electron chi connectivity index (χ3n) is 2.01. The summed E-state index contributed by atoms with van der Waals surface area (Å²) in [5, 5.41) is 3.50. The molecule has 0 saturated carbocycles. The van der Waals surface area contributed by atoms with Crippen molar-refractivity contribution in [2.75, 3.05) is 12.8 Å². The van der Waals surface area contributed by atoms with E-state index < -0.39 is 5.82 Å². The van der Waals surface area contributed by atoms with Gasteiger partial charge in [-0.25, -0.2) is 4.39 Å². The number of rotatable bonds is 2. The molecule has 0 aliphatic rings. The van der Waals surface area contributed by atoms with Crippen LogP contribution in [0.15, 0.2) is 27.2 Å². The fourth-order valence-electron chi connectivity index (χ4n) is 1.36. The summed E-state index contributed by atoms with van der Waals surface area (Å²) >= 11 is 3.17. The topological polar surface area (TPSA) is 61.3 Å². The predicted octanol–water partition coefficient (Wildman–Crippen LogP) is 2.83. The van der Waals surface area contributed by atoms with Gasteiger partial charge >= 0.3 is 0 Å². The van der Waals surface area contributed by atoms with E-state index >= 15 is 0 Å². The lowest BCUT2D eigenvalue weighted by Crippen LogP contribution is -1.91. The van der Waals surface area contributed by atoms with Crippen molar-refractivity contribution < 1.29 is 13.7 Å². The van der Waals surface area contributed by atoms with Crippen LogP contribution in [0.5, 0.6) is 5.75 Å². The summed E-state index contributed by atoms with van der Waals surface area (Å²) in [4.78, 5) is 0. The first-order valence-electron chi connectivity index (χ1n) is 4.37. The molecular formula is C10H8BrFN2O2. The molecule has 4 nitrogen and oxygen atoms in total. The summed E-state index contributed by atoms with van der Waals surface area (Å²) in [6.45, 7) is 0. The number of anilines is 1. The molecule has 1 heterocycles. The maximum absolute atomic E-state index is 13.8. The highest BCUT2D eigenvalue weighted by Gasteiger charge is 2.17. The molecule has 0 aliphatic carbocycles. The summed E-state index contributed by atoms with van der Waals surface area (Å²) < 4.78 is 24.3. The number of halogens is 2. The van der Waals surface area contributed by atoms with Crippen LogP contribution in [0.3, 0.4) is 0 Å². The first-order chi connectivity index (χ1) is 7.61. The molecule has 16 heavy (non-hydrogen) atoms. The van der Waals surface area contributed by atoms with Crippen molar-refractivity contribution in [3.8, 4) is 17.1 Å². The van der Waals surface area contributed by atoms with Gasteiger partial charge in [-0.1, -0.05) is 21.1 Å². The Morgan fingerprint density at radius 1 is 1.44 bits per heavy atom. The van der Waals surface area contributed by atoms with Crippen molar-refractivity contribution >= 4 is 21.7 Å². The quantitative estimate of drug-likeness (QED) is 0.922. The molecule has 2 N–H and O–H groups in total. The minimum atomic E-state index is -0.470. The van der Waals surface area contributed by atoms with Crippen LogP contribution in [0.4, 0.5) is 10.2 Å². The van der Waals surface area contributed by atoms with E-state index in [2.05, 4.69) is 21.1 Å². The van der Waals surface area contributed by atoms with Crippen LogP contribution in [0.25, 0.3) is 11.3 Å². The number of ether oxygens (including phenoxy) is 1. The number of nitrogens with two attached hydrogens (primary N) is 1. The first kappa shape index (κ1) is 10.9. The Kier molecular flexibility index (Phi) is 2.82. The number of hydrogen-bond donors (Lipinski definition) is 1. The zero-order valence-corrected chi connectivity index (χ0v) is 9.92. The number of benzene rings is 1. The van der Waals surface area contributed by atoms with Crippen LogP contribution >= 0.6 is 15.9 Å². The molecule has 0 fully saturated rings.